The molecule has 6 heteroatoms. The Bertz CT molecular complexity index is 272. The van der Waals surface area contributed by atoms with Crippen molar-refractivity contribution in [3.8, 4) is 0 Å². The molecule has 2 N–H and O–H groups in total. The molecule has 0 aromatic carbocycles. The van der Waals surface area contributed by atoms with Crippen LogP contribution < -0.4 is 10.6 Å². The molecule has 0 spiro atoms. The van der Waals surface area contributed by atoms with Gasteiger partial charge in [0.2, 0.25) is 0 Å². The maximum atomic E-state index is 11.7. The lowest BCUT2D eigenvalue weighted by Crippen LogP contribution is -2.39. The van der Waals surface area contributed by atoms with Crippen LogP contribution in [0.4, 0.5) is 13.2 Å². The number of halogens is 3. The van der Waals surface area contributed by atoms with Gasteiger partial charge in [-0.3, -0.25) is 4.98 Å². The van der Waals surface area contributed by atoms with E-state index in [-0.39, 0.29) is 0 Å². The van der Waals surface area contributed by atoms with Crippen LogP contribution in [0, 0.1) is 0 Å². The largest absolute Gasteiger partial charge is 0.433 e. The minimum absolute atomic E-state index is 0.852. The number of hydrogen-bond donors (Lipinski definition) is 2. The summed E-state index contributed by atoms with van der Waals surface area (Å²) in [4.78, 5) is 3.12. The van der Waals surface area contributed by atoms with Gasteiger partial charge >= 0.3 is 6.18 Å². The lowest BCUT2D eigenvalue weighted by molar-refractivity contribution is -0.141. The van der Waals surface area contributed by atoms with E-state index in [1.54, 1.807) is 0 Å². The summed E-state index contributed by atoms with van der Waals surface area (Å²) < 4.78 is 35.2. The maximum absolute atomic E-state index is 11.7. The second kappa shape index (κ2) is 6.44. The molecule has 2 heterocycles. The summed E-state index contributed by atoms with van der Waals surface area (Å²) in [6.07, 6.45) is -3.20. The molecular formula is C10H14F3N3. The summed E-state index contributed by atoms with van der Waals surface area (Å²) >= 11 is 0. The second-order valence-electron chi connectivity index (χ2n) is 3.21. The molecule has 1 aliphatic rings. The van der Waals surface area contributed by atoms with Gasteiger partial charge < -0.3 is 10.6 Å². The van der Waals surface area contributed by atoms with Crippen molar-refractivity contribution in [2.45, 2.75) is 6.18 Å². The minimum atomic E-state index is -4.32. The molecule has 1 saturated heterocycles. The number of nitrogens with one attached hydrogen (secondary N) is 2. The third-order valence-corrected chi connectivity index (χ3v) is 1.91. The highest BCUT2D eigenvalue weighted by Crippen LogP contribution is 2.26. The number of piperazine rings is 1. The van der Waals surface area contributed by atoms with Gasteiger partial charge in [0.25, 0.3) is 0 Å². The van der Waals surface area contributed by atoms with Gasteiger partial charge in [-0.1, -0.05) is 6.07 Å². The van der Waals surface area contributed by atoms with Crippen molar-refractivity contribution in [2.75, 3.05) is 26.2 Å². The van der Waals surface area contributed by atoms with Gasteiger partial charge in [0.1, 0.15) is 5.69 Å². The normalized spacial score (nSPS) is 16.2. The van der Waals surface area contributed by atoms with Crippen molar-refractivity contribution < 1.29 is 13.2 Å². The molecule has 1 aromatic heterocycles. The first-order valence-corrected chi connectivity index (χ1v) is 5.00. The predicted octanol–water partition coefficient (Wildman–Crippen LogP) is 1.28. The molecule has 90 valence electrons. The molecule has 2 rings (SSSR count). The fourth-order valence-corrected chi connectivity index (χ4v) is 1.13. The van der Waals surface area contributed by atoms with E-state index in [4.69, 9.17) is 0 Å². The highest BCUT2D eigenvalue weighted by atomic mass is 19.4. The quantitative estimate of drug-likeness (QED) is 0.708. The Labute approximate surface area is 92.1 Å². The van der Waals surface area contributed by atoms with E-state index < -0.39 is 11.9 Å². The molecule has 0 amide bonds. The van der Waals surface area contributed by atoms with E-state index in [1.807, 2.05) is 0 Å². The smallest absolute Gasteiger partial charge is 0.314 e. The Kier molecular flexibility index (Phi) is 5.21. The molecule has 0 aliphatic carbocycles. The van der Waals surface area contributed by atoms with Crippen LogP contribution in [0.5, 0.6) is 0 Å². The van der Waals surface area contributed by atoms with Crippen molar-refractivity contribution in [3.05, 3.63) is 30.1 Å². The molecule has 0 atom stereocenters. The standard InChI is InChI=1S/C6H4F3N.C4H10N2/c7-6(8,9)5-3-1-2-4-10-5;1-2-6-4-3-5-1/h1-4H;5-6H,1-4H2. The average molecular weight is 233 g/mol. The van der Waals surface area contributed by atoms with Gasteiger partial charge in [0.05, 0.1) is 0 Å². The topological polar surface area (TPSA) is 37.0 Å². The summed E-state index contributed by atoms with van der Waals surface area (Å²) in [5.41, 5.74) is -0.852. The van der Waals surface area contributed by atoms with Gasteiger partial charge in [-0.15, -0.1) is 0 Å². The second-order valence-corrected chi connectivity index (χ2v) is 3.21. The zero-order chi connectivity index (χ0) is 11.9. The van der Waals surface area contributed by atoms with Crippen molar-refractivity contribution >= 4 is 0 Å². The van der Waals surface area contributed by atoms with Crippen LogP contribution >= 0.6 is 0 Å². The van der Waals surface area contributed by atoms with Gasteiger partial charge in [-0.25, -0.2) is 0 Å². The Morgan fingerprint density at radius 2 is 1.56 bits per heavy atom. The Morgan fingerprint density at radius 3 is 1.81 bits per heavy atom. The van der Waals surface area contributed by atoms with Crippen molar-refractivity contribution in [1.29, 1.82) is 0 Å². The van der Waals surface area contributed by atoms with Crippen LogP contribution in [-0.4, -0.2) is 31.2 Å². The van der Waals surface area contributed by atoms with E-state index in [0.29, 0.717) is 0 Å². The van der Waals surface area contributed by atoms with Crippen LogP contribution in [0.3, 0.4) is 0 Å². The first-order valence-electron chi connectivity index (χ1n) is 5.00. The summed E-state index contributed by atoms with van der Waals surface area (Å²) in [5.74, 6) is 0. The Balaban J connectivity index is 0.000000181. The van der Waals surface area contributed by atoms with Gasteiger partial charge in [0, 0.05) is 32.4 Å². The first kappa shape index (κ1) is 12.9. The zero-order valence-corrected chi connectivity index (χ0v) is 8.72. The average Bonchev–Trinajstić information content (AvgIpc) is 2.32. The summed E-state index contributed by atoms with van der Waals surface area (Å²) in [7, 11) is 0. The van der Waals surface area contributed by atoms with Crippen LogP contribution in [0.25, 0.3) is 0 Å². The number of rotatable bonds is 0. The maximum Gasteiger partial charge on any atom is 0.433 e. The van der Waals surface area contributed by atoms with E-state index >= 15 is 0 Å². The molecule has 0 unspecified atom stereocenters. The molecule has 1 fully saturated rings. The molecule has 1 aliphatic heterocycles. The van der Waals surface area contributed by atoms with Crippen LogP contribution in [0.1, 0.15) is 5.69 Å². The summed E-state index contributed by atoms with van der Waals surface area (Å²) in [6.45, 7) is 4.56. The van der Waals surface area contributed by atoms with E-state index in [0.717, 1.165) is 38.4 Å². The number of nitrogens with zero attached hydrogens (tertiary/aromatic N) is 1. The van der Waals surface area contributed by atoms with E-state index in [9.17, 15) is 13.2 Å². The molecule has 0 radical (unpaired) electrons. The number of alkyl halides is 3. The highest BCUT2D eigenvalue weighted by molar-refractivity contribution is 5.06. The molecule has 3 nitrogen and oxygen atoms in total. The molecule has 0 saturated carbocycles. The Morgan fingerprint density at radius 1 is 1.00 bits per heavy atom. The van der Waals surface area contributed by atoms with Gasteiger partial charge in [-0.2, -0.15) is 13.2 Å². The van der Waals surface area contributed by atoms with Crippen LogP contribution in [0.2, 0.25) is 0 Å². The van der Waals surface area contributed by atoms with Gasteiger partial charge in [0.15, 0.2) is 0 Å². The molecular weight excluding hydrogens is 219 g/mol. The fraction of sp³-hybridized carbons (Fsp3) is 0.500. The Hall–Kier alpha value is -1.14. The van der Waals surface area contributed by atoms with Crippen molar-refractivity contribution in [1.82, 2.24) is 15.6 Å². The SMILES string of the molecule is C1CNCCN1.FC(F)(F)c1ccccn1. The third kappa shape index (κ3) is 5.09. The first-order chi connectivity index (χ1) is 7.61. The zero-order valence-electron chi connectivity index (χ0n) is 8.72. The lowest BCUT2D eigenvalue weighted by atomic mass is 10.3. The number of aromatic nitrogens is 1. The number of pyridine rings is 1. The van der Waals surface area contributed by atoms with Crippen LogP contribution in [0.15, 0.2) is 24.4 Å². The lowest BCUT2D eigenvalue weighted by Gasteiger charge is -2.11. The predicted molar refractivity (Wildman–Crippen MR) is 55.0 cm³/mol. The minimum Gasteiger partial charge on any atom is -0.314 e. The summed E-state index contributed by atoms with van der Waals surface area (Å²) in [5, 5.41) is 6.44. The molecule has 0 bridgehead atoms. The summed E-state index contributed by atoms with van der Waals surface area (Å²) in [6, 6.07) is 3.67. The number of hydrogen-bond acceptors (Lipinski definition) is 3. The van der Waals surface area contributed by atoms with Crippen molar-refractivity contribution in [2.24, 2.45) is 0 Å². The van der Waals surface area contributed by atoms with Crippen molar-refractivity contribution in [3.63, 3.8) is 0 Å². The van der Waals surface area contributed by atoms with E-state index in [1.165, 1.54) is 12.1 Å². The van der Waals surface area contributed by atoms with E-state index in [2.05, 4.69) is 15.6 Å². The monoisotopic (exact) mass is 233 g/mol. The highest BCUT2D eigenvalue weighted by Gasteiger charge is 2.31. The molecule has 1 aromatic rings. The third-order valence-electron chi connectivity index (χ3n) is 1.91. The van der Waals surface area contributed by atoms with Crippen LogP contribution in [-0.2, 0) is 6.18 Å². The molecule has 16 heavy (non-hydrogen) atoms. The fourth-order valence-electron chi connectivity index (χ4n) is 1.13. The van der Waals surface area contributed by atoms with Gasteiger partial charge in [-0.05, 0) is 12.1 Å².